The van der Waals surface area contributed by atoms with Crippen molar-refractivity contribution in [3.05, 3.63) is 70.3 Å². The van der Waals surface area contributed by atoms with Crippen LogP contribution < -0.4 is 5.32 Å². The predicted octanol–water partition coefficient (Wildman–Crippen LogP) is 4.92. The predicted molar refractivity (Wildman–Crippen MR) is 87.9 cm³/mol. The summed E-state index contributed by atoms with van der Waals surface area (Å²) in [6.45, 7) is 2.83. The molecule has 0 unspecified atom stereocenters. The Labute approximate surface area is 127 Å². The van der Waals surface area contributed by atoms with Gasteiger partial charge in [-0.3, -0.25) is 4.98 Å². The van der Waals surface area contributed by atoms with Crippen LogP contribution in [0.2, 0.25) is 0 Å². The van der Waals surface area contributed by atoms with Crippen LogP contribution in [0.15, 0.2) is 59.1 Å². The van der Waals surface area contributed by atoms with E-state index >= 15 is 0 Å². The summed E-state index contributed by atoms with van der Waals surface area (Å²) < 4.78 is 1.09. The standard InChI is InChI=1S/C17H15BrN2/c1-12-2-4-14-10-13(3-9-17(14)20-12)11-19-16-7-5-15(18)6-8-16/h2-10,19H,11H2,1H3. The molecule has 0 fully saturated rings. The van der Waals surface area contributed by atoms with E-state index in [1.54, 1.807) is 0 Å². The summed E-state index contributed by atoms with van der Waals surface area (Å²) in [5, 5.41) is 4.61. The molecule has 0 bridgehead atoms. The number of benzene rings is 2. The van der Waals surface area contributed by atoms with Crippen molar-refractivity contribution in [1.82, 2.24) is 4.98 Å². The van der Waals surface area contributed by atoms with Crippen molar-refractivity contribution in [3.63, 3.8) is 0 Å². The van der Waals surface area contributed by atoms with Gasteiger partial charge in [-0.25, -0.2) is 0 Å². The molecule has 0 amide bonds. The van der Waals surface area contributed by atoms with E-state index in [-0.39, 0.29) is 0 Å². The number of fused-ring (bicyclic) bond motifs is 1. The van der Waals surface area contributed by atoms with Crippen LogP contribution in [0.3, 0.4) is 0 Å². The highest BCUT2D eigenvalue weighted by Crippen LogP contribution is 2.17. The summed E-state index contributed by atoms with van der Waals surface area (Å²) >= 11 is 3.44. The van der Waals surface area contributed by atoms with Crippen molar-refractivity contribution in [2.75, 3.05) is 5.32 Å². The molecule has 0 aliphatic rings. The van der Waals surface area contributed by atoms with Crippen molar-refractivity contribution >= 4 is 32.5 Å². The molecule has 100 valence electrons. The summed E-state index contributed by atoms with van der Waals surface area (Å²) in [5.74, 6) is 0. The molecule has 2 nitrogen and oxygen atoms in total. The summed E-state index contributed by atoms with van der Waals surface area (Å²) in [6, 6.07) is 18.8. The number of aromatic nitrogens is 1. The normalized spacial score (nSPS) is 10.7. The van der Waals surface area contributed by atoms with Crippen LogP contribution >= 0.6 is 15.9 Å². The molecule has 0 radical (unpaired) electrons. The van der Waals surface area contributed by atoms with Gasteiger partial charge >= 0.3 is 0 Å². The van der Waals surface area contributed by atoms with Gasteiger partial charge in [0.2, 0.25) is 0 Å². The number of aryl methyl sites for hydroxylation is 1. The molecule has 3 heteroatoms. The highest BCUT2D eigenvalue weighted by atomic mass is 79.9. The lowest BCUT2D eigenvalue weighted by molar-refractivity contribution is 1.15. The van der Waals surface area contributed by atoms with Crippen molar-refractivity contribution in [2.45, 2.75) is 13.5 Å². The van der Waals surface area contributed by atoms with Crippen LogP contribution in [0.25, 0.3) is 10.9 Å². The molecule has 3 aromatic rings. The number of hydrogen-bond donors (Lipinski definition) is 1. The van der Waals surface area contributed by atoms with Gasteiger partial charge in [-0.2, -0.15) is 0 Å². The van der Waals surface area contributed by atoms with Gasteiger partial charge < -0.3 is 5.32 Å². The lowest BCUT2D eigenvalue weighted by Crippen LogP contribution is -1.99. The van der Waals surface area contributed by atoms with Gasteiger partial charge in [0.25, 0.3) is 0 Å². The van der Waals surface area contributed by atoms with Crippen molar-refractivity contribution in [2.24, 2.45) is 0 Å². The fraction of sp³-hybridized carbons (Fsp3) is 0.118. The average molecular weight is 327 g/mol. The molecule has 2 aromatic carbocycles. The van der Waals surface area contributed by atoms with E-state index in [0.29, 0.717) is 0 Å². The van der Waals surface area contributed by atoms with Gasteiger partial charge in [0.05, 0.1) is 5.52 Å². The van der Waals surface area contributed by atoms with Crippen LogP contribution in [-0.2, 0) is 6.54 Å². The van der Waals surface area contributed by atoms with Crippen LogP contribution in [0, 0.1) is 6.92 Å². The van der Waals surface area contributed by atoms with Crippen molar-refractivity contribution in [1.29, 1.82) is 0 Å². The summed E-state index contributed by atoms with van der Waals surface area (Å²) in [6.07, 6.45) is 0. The summed E-state index contributed by atoms with van der Waals surface area (Å²) in [7, 11) is 0. The molecule has 3 rings (SSSR count). The second kappa shape index (κ2) is 5.63. The minimum atomic E-state index is 0.811. The van der Waals surface area contributed by atoms with Gasteiger partial charge in [0.15, 0.2) is 0 Å². The highest BCUT2D eigenvalue weighted by Gasteiger charge is 1.99. The van der Waals surface area contributed by atoms with Crippen molar-refractivity contribution < 1.29 is 0 Å². The maximum Gasteiger partial charge on any atom is 0.0705 e. The molecule has 0 saturated heterocycles. The van der Waals surface area contributed by atoms with Crippen molar-refractivity contribution in [3.8, 4) is 0 Å². The van der Waals surface area contributed by atoms with Gasteiger partial charge in [-0.1, -0.05) is 28.1 Å². The Balaban J connectivity index is 1.77. The fourth-order valence-electron chi connectivity index (χ4n) is 2.16. The second-order valence-corrected chi connectivity index (χ2v) is 5.76. The largest absolute Gasteiger partial charge is 0.381 e. The number of hydrogen-bond acceptors (Lipinski definition) is 2. The molecule has 1 aromatic heterocycles. The molecule has 0 saturated carbocycles. The SMILES string of the molecule is Cc1ccc2cc(CNc3ccc(Br)cc3)ccc2n1. The summed E-state index contributed by atoms with van der Waals surface area (Å²) in [5.41, 5.74) is 4.48. The zero-order chi connectivity index (χ0) is 13.9. The van der Waals surface area contributed by atoms with E-state index < -0.39 is 0 Å². The zero-order valence-electron chi connectivity index (χ0n) is 11.2. The monoisotopic (exact) mass is 326 g/mol. The van der Waals surface area contributed by atoms with Gasteiger partial charge in [-0.15, -0.1) is 0 Å². The van der Waals surface area contributed by atoms with Crippen LogP contribution in [0.1, 0.15) is 11.3 Å². The molecule has 0 aliphatic carbocycles. The molecule has 20 heavy (non-hydrogen) atoms. The number of pyridine rings is 1. The Morgan fingerprint density at radius 1 is 1.00 bits per heavy atom. The minimum absolute atomic E-state index is 0.811. The van der Waals surface area contributed by atoms with E-state index in [1.807, 2.05) is 25.1 Å². The molecule has 0 atom stereocenters. The van der Waals surface area contributed by atoms with E-state index in [0.717, 1.165) is 27.9 Å². The molecule has 0 spiro atoms. The van der Waals surface area contributed by atoms with E-state index in [1.165, 1.54) is 10.9 Å². The van der Waals surface area contributed by atoms with E-state index in [4.69, 9.17) is 0 Å². The van der Waals surface area contributed by atoms with Crippen LogP contribution in [0.5, 0.6) is 0 Å². The third kappa shape index (κ3) is 2.99. The van der Waals surface area contributed by atoms with Gasteiger partial charge in [-0.05, 0) is 55.0 Å². The number of rotatable bonds is 3. The molecule has 1 heterocycles. The lowest BCUT2D eigenvalue weighted by Gasteiger charge is -2.08. The molecular weight excluding hydrogens is 312 g/mol. The first-order chi connectivity index (χ1) is 9.70. The Morgan fingerprint density at radius 3 is 2.60 bits per heavy atom. The Bertz CT molecular complexity index is 736. The Morgan fingerprint density at radius 2 is 1.80 bits per heavy atom. The number of halogens is 1. The number of nitrogens with one attached hydrogen (secondary N) is 1. The van der Waals surface area contributed by atoms with Gasteiger partial charge in [0.1, 0.15) is 0 Å². The first kappa shape index (κ1) is 13.1. The fourth-order valence-corrected chi connectivity index (χ4v) is 2.42. The van der Waals surface area contributed by atoms with Crippen LogP contribution in [-0.4, -0.2) is 4.98 Å². The summed E-state index contributed by atoms with van der Waals surface area (Å²) in [4.78, 5) is 4.52. The highest BCUT2D eigenvalue weighted by molar-refractivity contribution is 9.10. The maximum atomic E-state index is 4.52. The molecule has 1 N–H and O–H groups in total. The van der Waals surface area contributed by atoms with Crippen LogP contribution in [0.4, 0.5) is 5.69 Å². The van der Waals surface area contributed by atoms with E-state index in [9.17, 15) is 0 Å². The smallest absolute Gasteiger partial charge is 0.0705 e. The first-order valence-corrected chi connectivity index (χ1v) is 7.36. The number of nitrogens with zero attached hydrogens (tertiary/aromatic N) is 1. The third-order valence-corrected chi connectivity index (χ3v) is 3.76. The first-order valence-electron chi connectivity index (χ1n) is 6.56. The Hall–Kier alpha value is -1.87. The second-order valence-electron chi connectivity index (χ2n) is 4.84. The quantitative estimate of drug-likeness (QED) is 0.739. The topological polar surface area (TPSA) is 24.9 Å². The van der Waals surface area contributed by atoms with E-state index in [2.05, 4.69) is 62.6 Å². The number of anilines is 1. The molecule has 0 aliphatic heterocycles. The molecular formula is C17H15BrN2. The Kier molecular flexibility index (Phi) is 3.70. The zero-order valence-corrected chi connectivity index (χ0v) is 12.8. The maximum absolute atomic E-state index is 4.52. The van der Waals surface area contributed by atoms with Gasteiger partial charge in [0, 0.05) is 27.8 Å². The lowest BCUT2D eigenvalue weighted by atomic mass is 10.1. The minimum Gasteiger partial charge on any atom is -0.381 e. The third-order valence-electron chi connectivity index (χ3n) is 3.23. The average Bonchev–Trinajstić information content (AvgIpc) is 2.46.